The maximum Gasteiger partial charge on any atom is 0.337 e. The van der Waals surface area contributed by atoms with E-state index < -0.39 is 5.97 Å². The summed E-state index contributed by atoms with van der Waals surface area (Å²) >= 11 is 0. The van der Waals surface area contributed by atoms with Gasteiger partial charge in [-0.05, 0) is 32.0 Å². The summed E-state index contributed by atoms with van der Waals surface area (Å²) in [6, 6.07) is 4.24. The molecule has 0 aliphatic heterocycles. The Hall–Kier alpha value is -1.84. The largest absolute Gasteiger partial charge is 0.478 e. The molecule has 0 spiro atoms. The zero-order valence-electron chi connectivity index (χ0n) is 9.07. The van der Waals surface area contributed by atoms with Crippen LogP contribution < -0.4 is 0 Å². The molecule has 0 amide bonds. The van der Waals surface area contributed by atoms with E-state index in [1.54, 1.807) is 10.8 Å². The van der Waals surface area contributed by atoms with Crippen LogP contribution in [0, 0.1) is 5.82 Å². The van der Waals surface area contributed by atoms with E-state index in [1.165, 1.54) is 18.2 Å². The summed E-state index contributed by atoms with van der Waals surface area (Å²) in [7, 11) is 0. The van der Waals surface area contributed by atoms with Crippen molar-refractivity contribution in [3.63, 3.8) is 0 Å². The number of hydrogen-bond acceptors (Lipinski definition) is 1. The molecule has 0 saturated heterocycles. The van der Waals surface area contributed by atoms with Crippen molar-refractivity contribution in [1.29, 1.82) is 0 Å². The molecule has 2 aromatic rings. The van der Waals surface area contributed by atoms with E-state index in [2.05, 4.69) is 0 Å². The molecule has 0 atom stereocenters. The quantitative estimate of drug-likeness (QED) is 0.846. The second-order valence-electron chi connectivity index (χ2n) is 4.01. The lowest BCUT2D eigenvalue weighted by Gasteiger charge is -2.08. The van der Waals surface area contributed by atoms with Gasteiger partial charge in [0.15, 0.2) is 0 Å². The van der Waals surface area contributed by atoms with E-state index in [0.29, 0.717) is 10.9 Å². The molecule has 3 nitrogen and oxygen atoms in total. The van der Waals surface area contributed by atoms with Crippen molar-refractivity contribution in [2.24, 2.45) is 0 Å². The van der Waals surface area contributed by atoms with Crippen molar-refractivity contribution in [2.75, 3.05) is 0 Å². The Labute approximate surface area is 92.1 Å². The summed E-state index contributed by atoms with van der Waals surface area (Å²) < 4.78 is 14.9. The summed E-state index contributed by atoms with van der Waals surface area (Å²) in [6.45, 7) is 3.85. The lowest BCUT2D eigenvalue weighted by molar-refractivity contribution is 0.0698. The zero-order valence-corrected chi connectivity index (χ0v) is 9.07. The highest BCUT2D eigenvalue weighted by Crippen LogP contribution is 2.25. The normalized spacial score (nSPS) is 11.2. The molecule has 2 rings (SSSR count). The third-order valence-electron chi connectivity index (χ3n) is 2.58. The van der Waals surface area contributed by atoms with E-state index in [9.17, 15) is 9.18 Å². The molecule has 4 heteroatoms. The number of carboxylic acid groups (broad SMARTS) is 1. The van der Waals surface area contributed by atoms with Crippen molar-refractivity contribution in [3.8, 4) is 0 Å². The van der Waals surface area contributed by atoms with E-state index in [-0.39, 0.29) is 17.4 Å². The lowest BCUT2D eigenvalue weighted by atomic mass is 10.2. The summed E-state index contributed by atoms with van der Waals surface area (Å²) in [4.78, 5) is 11.0. The molecule has 84 valence electrons. The first kappa shape index (κ1) is 10.7. The Kier molecular flexibility index (Phi) is 2.42. The van der Waals surface area contributed by atoms with Crippen LogP contribution in [0.5, 0.6) is 0 Å². The predicted molar refractivity (Wildman–Crippen MR) is 59.2 cm³/mol. The number of aromatic nitrogens is 1. The van der Waals surface area contributed by atoms with Gasteiger partial charge in [0, 0.05) is 17.6 Å². The van der Waals surface area contributed by atoms with Gasteiger partial charge in [-0.2, -0.15) is 0 Å². The third-order valence-corrected chi connectivity index (χ3v) is 2.58. The minimum atomic E-state index is -0.990. The number of halogens is 1. The molecule has 1 heterocycles. The molecule has 0 bridgehead atoms. The van der Waals surface area contributed by atoms with Crippen LogP contribution in [0.25, 0.3) is 10.9 Å². The molecule has 0 radical (unpaired) electrons. The van der Waals surface area contributed by atoms with Crippen LogP contribution >= 0.6 is 0 Å². The minimum absolute atomic E-state index is 0.0948. The second kappa shape index (κ2) is 3.63. The molecule has 1 aromatic heterocycles. The van der Waals surface area contributed by atoms with Crippen LogP contribution in [0.1, 0.15) is 30.2 Å². The van der Waals surface area contributed by atoms with E-state index in [1.807, 2.05) is 13.8 Å². The van der Waals surface area contributed by atoms with Gasteiger partial charge in [0.2, 0.25) is 0 Å². The molecule has 0 fully saturated rings. The van der Waals surface area contributed by atoms with Crippen molar-refractivity contribution in [2.45, 2.75) is 19.9 Å². The van der Waals surface area contributed by atoms with E-state index in [4.69, 9.17) is 5.11 Å². The topological polar surface area (TPSA) is 42.2 Å². The van der Waals surface area contributed by atoms with Crippen LogP contribution in [0.4, 0.5) is 4.39 Å². The fraction of sp³-hybridized carbons (Fsp3) is 0.250. The highest BCUT2D eigenvalue weighted by molar-refractivity contribution is 6.03. The summed E-state index contributed by atoms with van der Waals surface area (Å²) in [5.74, 6) is -1.35. The number of aromatic carboxylic acids is 1. The van der Waals surface area contributed by atoms with E-state index >= 15 is 0 Å². The van der Waals surface area contributed by atoms with Gasteiger partial charge < -0.3 is 9.67 Å². The van der Waals surface area contributed by atoms with Gasteiger partial charge in [0.05, 0.1) is 11.1 Å². The molecule has 0 unspecified atom stereocenters. The highest BCUT2D eigenvalue weighted by Gasteiger charge is 2.15. The summed E-state index contributed by atoms with van der Waals surface area (Å²) in [5.41, 5.74) is 0.830. The monoisotopic (exact) mass is 221 g/mol. The number of carbonyl (C=O) groups is 1. The number of nitrogens with zero attached hydrogens (tertiary/aromatic N) is 1. The van der Waals surface area contributed by atoms with E-state index in [0.717, 1.165) is 0 Å². The SMILES string of the molecule is CC(C)n1cc(C(=O)O)c2ccc(F)cc21. The smallest absolute Gasteiger partial charge is 0.337 e. The van der Waals surface area contributed by atoms with Gasteiger partial charge in [0.1, 0.15) is 5.82 Å². The Bertz CT molecular complexity index is 557. The van der Waals surface area contributed by atoms with Gasteiger partial charge in [-0.1, -0.05) is 0 Å². The molecular weight excluding hydrogens is 209 g/mol. The fourth-order valence-electron chi connectivity index (χ4n) is 1.82. The van der Waals surface area contributed by atoms with Crippen LogP contribution in [-0.2, 0) is 0 Å². The highest BCUT2D eigenvalue weighted by atomic mass is 19.1. The standard InChI is InChI=1S/C12H12FNO2/c1-7(2)14-6-10(12(15)16)9-4-3-8(13)5-11(9)14/h3-7H,1-2H3,(H,15,16). The van der Waals surface area contributed by atoms with Crippen molar-refractivity contribution < 1.29 is 14.3 Å². The number of carboxylic acids is 1. The molecule has 1 aromatic carbocycles. The summed E-state index contributed by atoms with van der Waals surface area (Å²) in [5, 5.41) is 9.61. The maximum absolute atomic E-state index is 13.1. The van der Waals surface area contributed by atoms with Crippen LogP contribution in [-0.4, -0.2) is 15.6 Å². The first-order valence-corrected chi connectivity index (χ1v) is 5.04. The second-order valence-corrected chi connectivity index (χ2v) is 4.01. The molecule has 0 aliphatic rings. The number of benzene rings is 1. The average molecular weight is 221 g/mol. The third kappa shape index (κ3) is 1.56. The predicted octanol–water partition coefficient (Wildman–Crippen LogP) is 3.06. The Morgan fingerprint density at radius 3 is 2.69 bits per heavy atom. The van der Waals surface area contributed by atoms with Gasteiger partial charge in [-0.15, -0.1) is 0 Å². The first-order chi connectivity index (χ1) is 7.50. The Morgan fingerprint density at radius 2 is 2.12 bits per heavy atom. The zero-order chi connectivity index (χ0) is 11.9. The summed E-state index contributed by atoms with van der Waals surface area (Å²) in [6.07, 6.45) is 1.55. The molecule has 1 N–H and O–H groups in total. The number of rotatable bonds is 2. The van der Waals surface area contributed by atoms with Gasteiger partial charge in [-0.3, -0.25) is 0 Å². The maximum atomic E-state index is 13.1. The number of fused-ring (bicyclic) bond motifs is 1. The Morgan fingerprint density at radius 1 is 1.44 bits per heavy atom. The first-order valence-electron chi connectivity index (χ1n) is 5.04. The molecule has 16 heavy (non-hydrogen) atoms. The molecule has 0 saturated carbocycles. The van der Waals surface area contributed by atoms with Gasteiger partial charge in [-0.25, -0.2) is 9.18 Å². The van der Waals surface area contributed by atoms with Crippen LogP contribution in [0.2, 0.25) is 0 Å². The molecule has 0 aliphatic carbocycles. The lowest BCUT2D eigenvalue weighted by Crippen LogP contribution is -1.99. The van der Waals surface area contributed by atoms with Gasteiger partial charge >= 0.3 is 5.97 Å². The van der Waals surface area contributed by atoms with Crippen molar-refractivity contribution >= 4 is 16.9 Å². The van der Waals surface area contributed by atoms with Gasteiger partial charge in [0.25, 0.3) is 0 Å². The van der Waals surface area contributed by atoms with Crippen LogP contribution in [0.15, 0.2) is 24.4 Å². The Balaban J connectivity index is 2.81. The fourth-order valence-corrected chi connectivity index (χ4v) is 1.82. The molecular formula is C12H12FNO2. The van der Waals surface area contributed by atoms with Crippen molar-refractivity contribution in [3.05, 3.63) is 35.8 Å². The minimum Gasteiger partial charge on any atom is -0.478 e. The van der Waals surface area contributed by atoms with Crippen molar-refractivity contribution in [1.82, 2.24) is 4.57 Å². The van der Waals surface area contributed by atoms with Crippen LogP contribution in [0.3, 0.4) is 0 Å². The average Bonchev–Trinajstić information content (AvgIpc) is 2.56. The number of hydrogen-bond donors (Lipinski definition) is 1.